The minimum absolute atomic E-state index is 0.124. The highest BCUT2D eigenvalue weighted by molar-refractivity contribution is 5.93. The van der Waals surface area contributed by atoms with Gasteiger partial charge in [0.15, 0.2) is 5.75 Å². The lowest BCUT2D eigenvalue weighted by Gasteiger charge is -2.08. The molecule has 0 atom stereocenters. The summed E-state index contributed by atoms with van der Waals surface area (Å²) >= 11 is 0. The standard InChI is InChI=1S/C15H13N5O/c1-9-8-11(14(16)17)20-15(19-9)21-12-6-2-4-10-5-3-7-18-13(10)12/h2-8H,1H3,(H3,16,17). The van der Waals surface area contributed by atoms with Crippen LogP contribution in [0, 0.1) is 12.3 Å². The van der Waals surface area contributed by atoms with E-state index in [-0.39, 0.29) is 11.8 Å². The van der Waals surface area contributed by atoms with Gasteiger partial charge in [-0.15, -0.1) is 0 Å². The van der Waals surface area contributed by atoms with Gasteiger partial charge in [0.1, 0.15) is 17.0 Å². The number of benzene rings is 1. The molecule has 0 amide bonds. The van der Waals surface area contributed by atoms with Gasteiger partial charge in [0.05, 0.1) is 0 Å². The van der Waals surface area contributed by atoms with Gasteiger partial charge in [-0.1, -0.05) is 18.2 Å². The maximum atomic E-state index is 7.46. The third-order valence-corrected chi connectivity index (χ3v) is 2.91. The Morgan fingerprint density at radius 1 is 1.19 bits per heavy atom. The number of amidine groups is 1. The Labute approximate surface area is 121 Å². The van der Waals surface area contributed by atoms with E-state index in [0.29, 0.717) is 17.1 Å². The first-order valence-corrected chi connectivity index (χ1v) is 6.35. The van der Waals surface area contributed by atoms with Gasteiger partial charge in [-0.3, -0.25) is 10.4 Å². The van der Waals surface area contributed by atoms with Crippen molar-refractivity contribution in [3.05, 3.63) is 54.0 Å². The molecule has 0 unspecified atom stereocenters. The Kier molecular flexibility index (Phi) is 3.19. The van der Waals surface area contributed by atoms with Gasteiger partial charge in [0.2, 0.25) is 0 Å². The van der Waals surface area contributed by atoms with E-state index >= 15 is 0 Å². The molecule has 0 aliphatic heterocycles. The van der Waals surface area contributed by atoms with Crippen LogP contribution in [0.15, 0.2) is 42.6 Å². The van der Waals surface area contributed by atoms with E-state index in [1.165, 1.54) is 0 Å². The van der Waals surface area contributed by atoms with Crippen molar-refractivity contribution in [1.29, 1.82) is 5.41 Å². The summed E-state index contributed by atoms with van der Waals surface area (Å²) in [5, 5.41) is 8.43. The zero-order chi connectivity index (χ0) is 14.8. The molecule has 0 fully saturated rings. The third-order valence-electron chi connectivity index (χ3n) is 2.91. The molecule has 2 aromatic heterocycles. The van der Waals surface area contributed by atoms with Gasteiger partial charge in [-0.25, -0.2) is 4.98 Å². The van der Waals surface area contributed by atoms with Gasteiger partial charge in [-0.05, 0) is 25.1 Å². The normalized spacial score (nSPS) is 10.5. The minimum Gasteiger partial charge on any atom is -0.422 e. The smallest absolute Gasteiger partial charge is 0.322 e. The molecule has 0 saturated heterocycles. The molecule has 0 bridgehead atoms. The first kappa shape index (κ1) is 13.0. The van der Waals surface area contributed by atoms with Crippen molar-refractivity contribution in [2.75, 3.05) is 0 Å². The van der Waals surface area contributed by atoms with E-state index in [0.717, 1.165) is 10.9 Å². The van der Waals surface area contributed by atoms with Crippen LogP contribution in [0.5, 0.6) is 11.8 Å². The first-order chi connectivity index (χ1) is 10.1. The topological polar surface area (TPSA) is 97.8 Å². The second kappa shape index (κ2) is 5.16. The number of hydrogen-bond donors (Lipinski definition) is 2. The number of aromatic nitrogens is 3. The predicted octanol–water partition coefficient (Wildman–Crippen LogP) is 2.41. The molecule has 0 saturated carbocycles. The van der Waals surface area contributed by atoms with Crippen LogP contribution in [0.3, 0.4) is 0 Å². The number of rotatable bonds is 3. The van der Waals surface area contributed by atoms with Crippen molar-refractivity contribution in [3.8, 4) is 11.8 Å². The molecule has 21 heavy (non-hydrogen) atoms. The third kappa shape index (κ3) is 2.64. The molecule has 0 aliphatic rings. The second-order valence-electron chi connectivity index (χ2n) is 4.52. The Bertz CT molecular complexity index is 826. The predicted molar refractivity (Wildman–Crippen MR) is 79.6 cm³/mol. The van der Waals surface area contributed by atoms with Gasteiger partial charge in [0, 0.05) is 17.3 Å². The molecular formula is C15H13N5O. The Morgan fingerprint density at radius 3 is 2.81 bits per heavy atom. The van der Waals surface area contributed by atoms with Crippen molar-refractivity contribution in [2.24, 2.45) is 5.73 Å². The van der Waals surface area contributed by atoms with Crippen LogP contribution in [0.25, 0.3) is 10.9 Å². The molecular weight excluding hydrogens is 266 g/mol. The molecule has 0 radical (unpaired) electrons. The molecule has 3 aromatic rings. The van der Waals surface area contributed by atoms with E-state index in [1.54, 1.807) is 25.3 Å². The highest BCUT2D eigenvalue weighted by atomic mass is 16.5. The van der Waals surface area contributed by atoms with Crippen LogP contribution in [-0.4, -0.2) is 20.8 Å². The van der Waals surface area contributed by atoms with Gasteiger partial charge < -0.3 is 10.5 Å². The Hall–Kier alpha value is -3.02. The zero-order valence-electron chi connectivity index (χ0n) is 11.4. The molecule has 1 aromatic carbocycles. The van der Waals surface area contributed by atoms with Crippen molar-refractivity contribution < 1.29 is 4.74 Å². The SMILES string of the molecule is Cc1cc(C(=N)N)nc(Oc2cccc3cccnc23)n1. The van der Waals surface area contributed by atoms with Crippen LogP contribution in [0.4, 0.5) is 0 Å². The van der Waals surface area contributed by atoms with Crippen molar-refractivity contribution in [1.82, 2.24) is 15.0 Å². The number of ether oxygens (including phenoxy) is 1. The average Bonchev–Trinajstić information content (AvgIpc) is 2.47. The molecule has 0 spiro atoms. The molecule has 0 aliphatic carbocycles. The number of fused-ring (bicyclic) bond motifs is 1. The largest absolute Gasteiger partial charge is 0.422 e. The quantitative estimate of drug-likeness (QED) is 0.566. The summed E-state index contributed by atoms with van der Waals surface area (Å²) in [5.74, 6) is 0.439. The van der Waals surface area contributed by atoms with Crippen molar-refractivity contribution in [3.63, 3.8) is 0 Å². The lowest BCUT2D eigenvalue weighted by molar-refractivity contribution is 0.444. The summed E-state index contributed by atoms with van der Waals surface area (Å²) < 4.78 is 5.73. The van der Waals surface area contributed by atoms with Gasteiger partial charge in [0.25, 0.3) is 0 Å². The summed E-state index contributed by atoms with van der Waals surface area (Å²) in [4.78, 5) is 12.6. The second-order valence-corrected chi connectivity index (χ2v) is 4.52. The lowest BCUT2D eigenvalue weighted by atomic mass is 10.2. The van der Waals surface area contributed by atoms with E-state index in [4.69, 9.17) is 15.9 Å². The number of aryl methyl sites for hydroxylation is 1. The van der Waals surface area contributed by atoms with E-state index in [2.05, 4.69) is 15.0 Å². The van der Waals surface area contributed by atoms with E-state index in [9.17, 15) is 0 Å². The lowest BCUT2D eigenvalue weighted by Crippen LogP contribution is -2.14. The highest BCUT2D eigenvalue weighted by Gasteiger charge is 2.09. The van der Waals surface area contributed by atoms with Gasteiger partial charge in [-0.2, -0.15) is 4.98 Å². The number of nitrogens with two attached hydrogens (primary N) is 1. The fourth-order valence-corrected chi connectivity index (χ4v) is 1.98. The number of nitrogen functional groups attached to an aromatic ring is 1. The van der Waals surface area contributed by atoms with E-state index < -0.39 is 0 Å². The fraction of sp³-hybridized carbons (Fsp3) is 0.0667. The molecule has 6 heteroatoms. The molecule has 2 heterocycles. The van der Waals surface area contributed by atoms with Crippen LogP contribution < -0.4 is 10.5 Å². The Balaban J connectivity index is 2.05. The van der Waals surface area contributed by atoms with Gasteiger partial charge >= 0.3 is 6.01 Å². The monoisotopic (exact) mass is 279 g/mol. The summed E-state index contributed by atoms with van der Waals surface area (Å²) in [6, 6.07) is 11.2. The number of nitrogens with zero attached hydrogens (tertiary/aromatic N) is 3. The number of pyridine rings is 1. The van der Waals surface area contributed by atoms with Crippen LogP contribution in [-0.2, 0) is 0 Å². The molecule has 104 valence electrons. The van der Waals surface area contributed by atoms with E-state index in [1.807, 2.05) is 24.3 Å². The van der Waals surface area contributed by atoms with Crippen LogP contribution in [0.2, 0.25) is 0 Å². The Morgan fingerprint density at radius 2 is 2.00 bits per heavy atom. The fourth-order valence-electron chi connectivity index (χ4n) is 1.98. The maximum absolute atomic E-state index is 7.46. The minimum atomic E-state index is -0.124. The molecule has 3 rings (SSSR count). The van der Waals surface area contributed by atoms with Crippen molar-refractivity contribution in [2.45, 2.75) is 6.92 Å². The first-order valence-electron chi connectivity index (χ1n) is 6.35. The number of nitrogens with one attached hydrogen (secondary N) is 1. The molecule has 3 N–H and O–H groups in total. The summed E-state index contributed by atoms with van der Waals surface area (Å²) in [6.07, 6.45) is 1.70. The number of hydrogen-bond acceptors (Lipinski definition) is 5. The molecule has 6 nitrogen and oxygen atoms in total. The van der Waals surface area contributed by atoms with Crippen molar-refractivity contribution >= 4 is 16.7 Å². The zero-order valence-corrected chi connectivity index (χ0v) is 11.4. The highest BCUT2D eigenvalue weighted by Crippen LogP contribution is 2.26. The summed E-state index contributed by atoms with van der Waals surface area (Å²) in [6.45, 7) is 1.79. The van der Waals surface area contributed by atoms with Crippen LogP contribution in [0.1, 0.15) is 11.4 Å². The summed E-state index contributed by atoms with van der Waals surface area (Å²) in [5.41, 5.74) is 7.21. The maximum Gasteiger partial charge on any atom is 0.322 e. The van der Waals surface area contributed by atoms with Crippen LogP contribution >= 0.6 is 0 Å². The average molecular weight is 279 g/mol. The number of para-hydroxylation sites is 1. The summed E-state index contributed by atoms with van der Waals surface area (Å²) in [7, 11) is 0.